The lowest BCUT2D eigenvalue weighted by Gasteiger charge is -2.17. The van der Waals surface area contributed by atoms with Crippen LogP contribution < -0.4 is 11.5 Å². The monoisotopic (exact) mass is 325 g/mol. The first kappa shape index (κ1) is 15.1. The van der Waals surface area contributed by atoms with Gasteiger partial charge in [-0.1, -0.05) is 12.2 Å². The van der Waals surface area contributed by atoms with Gasteiger partial charge in [0.2, 0.25) is 0 Å². The minimum atomic E-state index is -1.25. The molecule has 0 saturated carbocycles. The third-order valence-corrected chi connectivity index (χ3v) is 3.92. The van der Waals surface area contributed by atoms with Gasteiger partial charge in [-0.2, -0.15) is 0 Å². The molecule has 118 valence electrons. The Morgan fingerprint density at radius 3 is 2.68 bits per heavy atom. The minimum absolute atomic E-state index is 0.0944. The van der Waals surface area contributed by atoms with Crippen LogP contribution in [0.4, 0.5) is 5.82 Å². The Balaban J connectivity index is 2.16. The molecule has 0 aliphatic carbocycles. The zero-order chi connectivity index (χ0) is 16.0. The highest BCUT2D eigenvalue weighted by atomic mass is 32.1. The molecule has 0 spiro atoms. The van der Waals surface area contributed by atoms with Crippen molar-refractivity contribution in [3.63, 3.8) is 0 Å². The fraction of sp³-hybridized carbons (Fsp3) is 0.417. The van der Waals surface area contributed by atoms with Gasteiger partial charge in [-0.25, -0.2) is 9.97 Å². The molecule has 9 nitrogen and oxygen atoms in total. The Labute approximate surface area is 130 Å². The summed E-state index contributed by atoms with van der Waals surface area (Å²) in [5.74, 6) is 0.193. The van der Waals surface area contributed by atoms with E-state index in [1.54, 1.807) is 6.20 Å². The van der Waals surface area contributed by atoms with Crippen LogP contribution in [-0.2, 0) is 4.74 Å². The van der Waals surface area contributed by atoms with Gasteiger partial charge in [0.25, 0.3) is 0 Å². The number of nitrogens with two attached hydrogens (primary N) is 2. The predicted octanol–water partition coefficient (Wildman–Crippen LogP) is -1.74. The maximum absolute atomic E-state index is 10.1. The summed E-state index contributed by atoms with van der Waals surface area (Å²) in [7, 11) is 0. The number of nitrogen functional groups attached to an aromatic ring is 1. The Morgan fingerprint density at radius 1 is 1.36 bits per heavy atom. The van der Waals surface area contributed by atoms with E-state index in [1.165, 1.54) is 10.9 Å². The molecule has 3 rings (SSSR count). The summed E-state index contributed by atoms with van der Waals surface area (Å²) < 4.78 is 6.97. The number of aromatic nitrogens is 3. The number of ether oxygens (including phenoxy) is 1. The number of aliphatic hydroxyl groups excluding tert-OH is 3. The van der Waals surface area contributed by atoms with Crippen LogP contribution in [0.3, 0.4) is 0 Å². The van der Waals surface area contributed by atoms with Crippen LogP contribution >= 0.6 is 12.2 Å². The van der Waals surface area contributed by atoms with E-state index in [4.69, 9.17) is 28.4 Å². The Hall–Kier alpha value is -1.85. The number of nitrogens with zero attached hydrogens (tertiary/aromatic N) is 3. The molecular formula is C12H15N5O4S. The van der Waals surface area contributed by atoms with Crippen LogP contribution in [0.1, 0.15) is 11.8 Å². The molecular weight excluding hydrogens is 310 g/mol. The van der Waals surface area contributed by atoms with E-state index in [9.17, 15) is 15.3 Å². The lowest BCUT2D eigenvalue weighted by molar-refractivity contribution is -0.0508. The highest BCUT2D eigenvalue weighted by Gasteiger charge is 2.44. The molecule has 0 unspecified atom stereocenters. The fourth-order valence-corrected chi connectivity index (χ4v) is 2.75. The quantitative estimate of drug-likeness (QED) is 0.414. The summed E-state index contributed by atoms with van der Waals surface area (Å²) in [6, 6.07) is 0. The van der Waals surface area contributed by atoms with Gasteiger partial charge in [-0.15, -0.1) is 0 Å². The maximum Gasteiger partial charge on any atom is 0.164 e. The first-order valence-electron chi connectivity index (χ1n) is 6.49. The minimum Gasteiger partial charge on any atom is -0.394 e. The molecule has 1 aliphatic heterocycles. The molecule has 0 aromatic carbocycles. The molecule has 1 saturated heterocycles. The van der Waals surface area contributed by atoms with Crippen molar-refractivity contribution in [2.45, 2.75) is 24.5 Å². The second kappa shape index (κ2) is 5.41. The third kappa shape index (κ3) is 2.12. The van der Waals surface area contributed by atoms with Crippen LogP contribution in [-0.4, -0.2) is 59.8 Å². The summed E-state index contributed by atoms with van der Waals surface area (Å²) >= 11 is 5.00. The van der Waals surface area contributed by atoms with Crippen LogP contribution in [0.5, 0.6) is 0 Å². The van der Waals surface area contributed by atoms with E-state index in [0.717, 1.165) is 0 Å². The molecule has 0 amide bonds. The second-order valence-electron chi connectivity index (χ2n) is 5.00. The van der Waals surface area contributed by atoms with Crippen LogP contribution in [0.25, 0.3) is 11.0 Å². The van der Waals surface area contributed by atoms with Gasteiger partial charge in [-0.05, 0) is 0 Å². The van der Waals surface area contributed by atoms with E-state index in [1.807, 2.05) is 0 Å². The van der Waals surface area contributed by atoms with Crippen molar-refractivity contribution in [2.75, 3.05) is 12.3 Å². The molecule has 7 N–H and O–H groups in total. The average molecular weight is 325 g/mol. The van der Waals surface area contributed by atoms with Crippen molar-refractivity contribution in [1.29, 1.82) is 0 Å². The summed E-state index contributed by atoms with van der Waals surface area (Å²) in [5, 5.41) is 29.6. The van der Waals surface area contributed by atoms with Crippen molar-refractivity contribution in [1.82, 2.24) is 14.5 Å². The predicted molar refractivity (Wildman–Crippen MR) is 80.8 cm³/mol. The third-order valence-electron chi connectivity index (χ3n) is 3.70. The fourth-order valence-electron chi connectivity index (χ4n) is 2.60. The number of hydrogen-bond donors (Lipinski definition) is 5. The van der Waals surface area contributed by atoms with Crippen LogP contribution in [0, 0.1) is 0 Å². The smallest absolute Gasteiger partial charge is 0.164 e. The SMILES string of the molecule is NC(=S)c1cn([C@@H]2O[C@@H](CO)[C@@H](O)[C@@H]2O)c2ncnc(N)c12. The number of hydrogen-bond acceptors (Lipinski definition) is 8. The maximum atomic E-state index is 10.1. The number of aliphatic hydroxyl groups is 3. The van der Waals surface area contributed by atoms with Gasteiger partial charge in [0.1, 0.15) is 41.1 Å². The zero-order valence-electron chi connectivity index (χ0n) is 11.3. The van der Waals surface area contributed by atoms with Crippen molar-refractivity contribution >= 4 is 34.1 Å². The summed E-state index contributed by atoms with van der Waals surface area (Å²) in [6.07, 6.45) is -1.52. The molecule has 3 heterocycles. The van der Waals surface area contributed by atoms with Gasteiger partial charge in [0.15, 0.2) is 6.23 Å². The van der Waals surface area contributed by atoms with Gasteiger partial charge in [0.05, 0.1) is 12.0 Å². The highest BCUT2D eigenvalue weighted by molar-refractivity contribution is 7.80. The van der Waals surface area contributed by atoms with Gasteiger partial charge >= 0.3 is 0 Å². The van der Waals surface area contributed by atoms with Crippen LogP contribution in [0.15, 0.2) is 12.5 Å². The normalized spacial score (nSPS) is 28.3. The number of rotatable bonds is 3. The molecule has 0 radical (unpaired) electrons. The molecule has 10 heteroatoms. The number of fused-ring (bicyclic) bond motifs is 1. The van der Waals surface area contributed by atoms with E-state index >= 15 is 0 Å². The van der Waals surface area contributed by atoms with E-state index in [-0.39, 0.29) is 10.8 Å². The average Bonchev–Trinajstić information content (AvgIpc) is 3.00. The number of anilines is 1. The summed E-state index contributed by atoms with van der Waals surface area (Å²) in [6.45, 7) is -0.423. The standard InChI is InChI=1S/C12H15N5O4S/c13-9-6-4(10(14)22)1-17(11(6)16-3-15-9)12-8(20)7(19)5(2-18)21-12/h1,3,5,7-8,12,18-20H,2H2,(H2,14,22)(H2,13,15,16)/t5-,7+,8-,12+/m0/s1. The van der Waals surface area contributed by atoms with E-state index < -0.39 is 31.1 Å². The van der Waals surface area contributed by atoms with E-state index in [2.05, 4.69) is 9.97 Å². The molecule has 2 aromatic rings. The van der Waals surface area contributed by atoms with E-state index in [0.29, 0.717) is 16.6 Å². The Bertz CT molecular complexity index is 736. The van der Waals surface area contributed by atoms with Gasteiger partial charge in [-0.3, -0.25) is 0 Å². The van der Waals surface area contributed by atoms with Gasteiger partial charge < -0.3 is 36.1 Å². The Kier molecular flexibility index (Phi) is 3.70. The number of thiocarbonyl (C=S) groups is 1. The van der Waals surface area contributed by atoms with Crippen molar-refractivity contribution < 1.29 is 20.1 Å². The van der Waals surface area contributed by atoms with Crippen molar-refractivity contribution in [3.8, 4) is 0 Å². The molecule has 4 atom stereocenters. The largest absolute Gasteiger partial charge is 0.394 e. The molecule has 1 fully saturated rings. The van der Waals surface area contributed by atoms with Gasteiger partial charge in [0, 0.05) is 11.8 Å². The first-order chi connectivity index (χ1) is 10.5. The van der Waals surface area contributed by atoms with Crippen molar-refractivity contribution in [3.05, 3.63) is 18.1 Å². The molecule has 1 aliphatic rings. The zero-order valence-corrected chi connectivity index (χ0v) is 12.1. The molecule has 2 aromatic heterocycles. The summed E-state index contributed by atoms with van der Waals surface area (Å²) in [5.41, 5.74) is 12.4. The lowest BCUT2D eigenvalue weighted by atomic mass is 10.1. The molecule has 0 bridgehead atoms. The summed E-state index contributed by atoms with van der Waals surface area (Å²) in [4.78, 5) is 8.12. The second-order valence-corrected chi connectivity index (χ2v) is 5.44. The van der Waals surface area contributed by atoms with Crippen molar-refractivity contribution in [2.24, 2.45) is 5.73 Å². The first-order valence-corrected chi connectivity index (χ1v) is 6.89. The highest BCUT2D eigenvalue weighted by Crippen LogP contribution is 2.34. The molecule has 22 heavy (non-hydrogen) atoms. The topological polar surface area (TPSA) is 153 Å². The van der Waals surface area contributed by atoms with Crippen LogP contribution in [0.2, 0.25) is 0 Å². The Morgan fingerprint density at radius 2 is 2.09 bits per heavy atom. The lowest BCUT2D eigenvalue weighted by Crippen LogP contribution is -2.33.